The van der Waals surface area contributed by atoms with Gasteiger partial charge in [0.15, 0.2) is 11.3 Å². The molecule has 4 fully saturated rings. The minimum Gasteiger partial charge on any atom is -0.396 e. The summed E-state index contributed by atoms with van der Waals surface area (Å²) in [6.07, 6.45) is 8.70. The molecule has 3 aromatic carbocycles. The van der Waals surface area contributed by atoms with E-state index >= 15 is 0 Å². The summed E-state index contributed by atoms with van der Waals surface area (Å²) in [7, 11) is 1.56. The molecule has 0 aliphatic carbocycles. The molecule has 4 unspecified atom stereocenters. The van der Waals surface area contributed by atoms with Crippen LogP contribution < -0.4 is 47.7 Å². The minimum atomic E-state index is -0.684. The van der Waals surface area contributed by atoms with E-state index in [1.165, 1.54) is 63.1 Å². The topological polar surface area (TPSA) is 356 Å². The number of carbonyl (C=O) groups excluding carboxylic acids is 5. The van der Waals surface area contributed by atoms with E-state index in [1.54, 1.807) is 87.6 Å². The molecule has 3 N–H and O–H groups in total. The van der Waals surface area contributed by atoms with Gasteiger partial charge >= 0.3 is 17.1 Å². The smallest absolute Gasteiger partial charge is 0.355 e. The number of ether oxygens (including phenoxy) is 1. The number of carbonyl (C=O) groups is 5. The molecule has 17 rings (SSSR count). The highest BCUT2D eigenvalue weighted by molar-refractivity contribution is 6.41. The van der Waals surface area contributed by atoms with Crippen molar-refractivity contribution in [1.29, 1.82) is 0 Å². The highest BCUT2D eigenvalue weighted by Crippen LogP contribution is 2.44. The summed E-state index contributed by atoms with van der Waals surface area (Å²) in [5.74, 6) is 1.57. The summed E-state index contributed by atoms with van der Waals surface area (Å²) in [6.45, 7) is 56.8. The molecule has 0 radical (unpaired) electrons. The second kappa shape index (κ2) is 45.9. The number of para-hydroxylation sites is 2. The summed E-state index contributed by atoms with van der Waals surface area (Å²) in [5.41, 5.74) is 12.5. The molecule has 5 amide bonds. The Bertz CT molecular complexity index is 7560. The Morgan fingerprint density at radius 1 is 0.497 bits per heavy atom. The SMILES string of the molecule is C=CC(=O)N1CC(C)N(c2nc(=O)n(-c3c(C)ccnc3C(C)C)c3nc(-c4cccc(F)c4N)c(Cl)cc23)CC1C.C=CC(=O)N1CC(C)N(c2nc(=O)n(-c3c(C)ccnc3C(C)C)c3nc(-c4ccccc4NC(C)=O)c(Cl)cc23)CC1C.C=CC(=O)N1CCN(C2=NC(=C)N(CC(C)(C)C)c3nc(Cl)c(Cl)cc32)CC1.C=CC(=O)N1CCN(c2nc(=O)n(CC(C)(C)OC)c3nc(-c4ccccc4F)c(Cl)cc23)CC1. The molecule has 9 aromatic heterocycles. The average Bonchev–Trinajstić information content (AvgIpc) is 0.735. The number of nitrogens with two attached hydrogens (primary N) is 1. The number of nitrogens with one attached hydrogen (secondary N) is 1. The van der Waals surface area contributed by atoms with Crippen molar-refractivity contribution in [3.05, 3.63) is 275 Å². The lowest BCUT2D eigenvalue weighted by atomic mass is 9.95. The first-order valence-electron chi connectivity index (χ1n) is 48.8. The zero-order valence-electron chi connectivity index (χ0n) is 86.4. The number of hydrogen-bond acceptors (Lipinski definition) is 25. The highest BCUT2D eigenvalue weighted by Gasteiger charge is 2.40. The van der Waals surface area contributed by atoms with Gasteiger partial charge in [-0.05, 0) is 169 Å². The van der Waals surface area contributed by atoms with Crippen molar-refractivity contribution in [1.82, 2.24) is 83.1 Å². The van der Waals surface area contributed by atoms with Gasteiger partial charge in [0.1, 0.15) is 57.4 Å². The number of pyridine rings is 6. The lowest BCUT2D eigenvalue weighted by molar-refractivity contribution is -0.129. The molecule has 33 nitrogen and oxygen atoms in total. The van der Waals surface area contributed by atoms with E-state index in [2.05, 4.69) is 98.8 Å². The van der Waals surface area contributed by atoms with E-state index in [0.717, 1.165) is 28.2 Å². The fraction of sp³-hybridized carbons (Fsp3) is 0.358. The Morgan fingerprint density at radius 3 is 1.39 bits per heavy atom. The van der Waals surface area contributed by atoms with Gasteiger partial charge in [0.25, 0.3) is 0 Å². The quantitative estimate of drug-likeness (QED) is 0.0431. The predicted octanol–water partition coefficient (Wildman–Crippen LogP) is 18.1. The van der Waals surface area contributed by atoms with E-state index in [9.17, 15) is 47.1 Å². The normalized spacial score (nSPS) is 16.5. The van der Waals surface area contributed by atoms with Crippen LogP contribution in [0.4, 0.5) is 43.4 Å². The molecule has 0 saturated carbocycles. The van der Waals surface area contributed by atoms with Crippen molar-refractivity contribution < 1.29 is 37.5 Å². The van der Waals surface area contributed by atoms with Crippen LogP contribution in [-0.4, -0.2) is 240 Å². The largest absolute Gasteiger partial charge is 0.396 e. The number of aromatic nitrogens is 12. The number of hydrogen-bond donors (Lipinski definition) is 2. The summed E-state index contributed by atoms with van der Waals surface area (Å²) in [5, 5.41) is 5.96. The van der Waals surface area contributed by atoms with E-state index in [-0.39, 0.29) is 121 Å². The van der Waals surface area contributed by atoms with Crippen molar-refractivity contribution in [2.45, 2.75) is 159 Å². The van der Waals surface area contributed by atoms with Crippen LogP contribution in [0.1, 0.15) is 137 Å². The molecular formula is C109H121Cl5F2N24O9. The monoisotopic (exact) mass is 2120 g/mol. The van der Waals surface area contributed by atoms with E-state index in [1.807, 2.05) is 139 Å². The number of halogens is 7. The zero-order valence-corrected chi connectivity index (χ0v) is 90.2. The van der Waals surface area contributed by atoms with Crippen molar-refractivity contribution in [2.75, 3.05) is 123 Å². The third-order valence-electron chi connectivity index (χ3n) is 26.5. The first kappa shape index (κ1) is 110. The van der Waals surface area contributed by atoms with Gasteiger partial charge in [-0.1, -0.05) is 182 Å². The molecule has 4 atom stereocenters. The first-order chi connectivity index (χ1) is 70.6. The number of fused-ring (bicyclic) bond motifs is 4. The second-order valence-electron chi connectivity index (χ2n) is 39.6. The van der Waals surface area contributed by atoms with Gasteiger partial charge in [0, 0.05) is 152 Å². The number of rotatable bonds is 19. The zero-order chi connectivity index (χ0) is 108. The molecule has 4 saturated heterocycles. The summed E-state index contributed by atoms with van der Waals surface area (Å²) < 4.78 is 39.1. The molecule has 780 valence electrons. The van der Waals surface area contributed by atoms with Gasteiger partial charge in [-0.15, -0.1) is 0 Å². The Labute approximate surface area is 888 Å². The van der Waals surface area contributed by atoms with Crippen LogP contribution >= 0.6 is 58.0 Å². The number of amides is 5. The molecule has 5 aliphatic heterocycles. The summed E-state index contributed by atoms with van der Waals surface area (Å²) in [4.78, 5) is 166. The number of methoxy groups -OCH3 is 1. The Balaban J connectivity index is 0.000000159. The van der Waals surface area contributed by atoms with Crippen molar-refractivity contribution in [2.24, 2.45) is 10.4 Å². The number of piperazine rings is 4. The lowest BCUT2D eigenvalue weighted by Gasteiger charge is -2.44. The Kier molecular flexibility index (Phi) is 34.0. The number of nitrogens with zero attached hydrogens (tertiary/aromatic N) is 22. The molecule has 0 bridgehead atoms. The number of aliphatic imine (C=N–C) groups is 1. The lowest BCUT2D eigenvalue weighted by Crippen LogP contribution is -2.58. The number of aryl methyl sites for hydroxylation is 2. The molecule has 5 aliphatic rings. The van der Waals surface area contributed by atoms with Crippen LogP contribution in [-0.2, 0) is 35.3 Å². The summed E-state index contributed by atoms with van der Waals surface area (Å²) >= 11 is 32.9. The van der Waals surface area contributed by atoms with Crippen LogP contribution in [0.2, 0.25) is 25.2 Å². The number of nitrogen functional groups attached to an aromatic ring is 1. The third kappa shape index (κ3) is 23.4. The first-order valence-corrected chi connectivity index (χ1v) is 50.7. The van der Waals surface area contributed by atoms with Gasteiger partial charge in [0.2, 0.25) is 29.5 Å². The maximum Gasteiger partial charge on any atom is 0.355 e. The van der Waals surface area contributed by atoms with E-state index < -0.39 is 34.3 Å². The van der Waals surface area contributed by atoms with Crippen LogP contribution in [0.15, 0.2) is 198 Å². The van der Waals surface area contributed by atoms with E-state index in [4.69, 9.17) is 83.4 Å². The highest BCUT2D eigenvalue weighted by atomic mass is 35.5. The molecule has 14 heterocycles. The van der Waals surface area contributed by atoms with E-state index in [0.29, 0.717) is 191 Å². The molecule has 12 aromatic rings. The molecular weight excluding hydrogens is 2000 g/mol. The standard InChI is InChI=1S/C33H36ClN7O3.C31H33ClFN7O2.C25H27ClFN5O3.C20H25Cl2N5O/c1-8-27(43)39-16-21(6)40(17-20(39)5)31-24-15-25(34)29(23-11-9-10-12-26(23)36-22(7)42)37-32(24)41(33(44)38-31)30-19(4)13-14-35-28(30)18(2)3;1-7-24(41)38-14-19(6)39(15-18(38)5)29-21-13-22(32)27(20-9-8-10-23(33)25(20)34)36-30(21)40(31(42)37-29)28-17(4)11-12-35-26(28)16(2)3;1-5-20(33)30-10-12-31(13-11-30)22-17-14-18(26)21(16-8-6-7-9-19(16)27)28-23(17)32(24(34)29-22)15-25(2,3)35-4;1-6-16(28)25-7-9-26(10-8-25)18-14-11-15(21)17(22)24-19(14)27(13(2)23-18)12-20(3,4)5/h8-15,18,20-21H,1,16-17H2,2-7H3,(H,36,42);7-13,16,18-19H,1,14-15,34H2,2-6H3;5-9,14H,1,10-13,15H2,2-4H3;6,11H,1-2,7-10,12H2,3-5H3. The maximum atomic E-state index is 14.6. The van der Waals surface area contributed by atoms with Gasteiger partial charge in [-0.3, -0.25) is 38.5 Å². The summed E-state index contributed by atoms with van der Waals surface area (Å²) in [6, 6.07) is 27.9. The van der Waals surface area contributed by atoms with Crippen molar-refractivity contribution >= 4 is 161 Å². The van der Waals surface area contributed by atoms with Gasteiger partial charge < -0.3 is 59.9 Å². The molecule has 0 spiro atoms. The molecule has 149 heavy (non-hydrogen) atoms. The minimum absolute atomic E-state index is 0.00939. The van der Waals surface area contributed by atoms with Gasteiger partial charge in [-0.2, -0.15) is 15.0 Å². The Morgan fingerprint density at radius 2 is 0.926 bits per heavy atom. The van der Waals surface area contributed by atoms with Crippen LogP contribution in [0, 0.1) is 30.9 Å². The molecule has 40 heteroatoms. The van der Waals surface area contributed by atoms with Crippen LogP contribution in [0.25, 0.3) is 78.2 Å². The number of anilines is 6. The predicted molar refractivity (Wildman–Crippen MR) is 589 cm³/mol. The second-order valence-corrected chi connectivity index (χ2v) is 41.6. The number of amidine groups is 1. The fourth-order valence-corrected chi connectivity index (χ4v) is 19.9. The van der Waals surface area contributed by atoms with Gasteiger partial charge in [0.05, 0.1) is 105 Å². The van der Waals surface area contributed by atoms with Crippen molar-refractivity contribution in [3.8, 4) is 45.1 Å². The maximum absolute atomic E-state index is 14.6. The van der Waals surface area contributed by atoms with Crippen molar-refractivity contribution in [3.63, 3.8) is 0 Å². The van der Waals surface area contributed by atoms with Crippen LogP contribution in [0.5, 0.6) is 0 Å². The van der Waals surface area contributed by atoms with Gasteiger partial charge in [-0.25, -0.2) is 57.2 Å². The Hall–Kier alpha value is -14.2. The fourth-order valence-electron chi connectivity index (χ4n) is 18.9. The van der Waals surface area contributed by atoms with Crippen LogP contribution in [0.3, 0.4) is 0 Å². The average molecular weight is 2130 g/mol. The third-order valence-corrected chi connectivity index (χ3v) is 28.0. The number of benzene rings is 3.